The molecular formula is C17H16N2O3S2. The van der Waals surface area contributed by atoms with Crippen LogP contribution in [-0.2, 0) is 20.4 Å². The average molecular weight is 360 g/mol. The van der Waals surface area contributed by atoms with E-state index in [4.69, 9.17) is 12.2 Å². The summed E-state index contributed by atoms with van der Waals surface area (Å²) in [5, 5.41) is 3.23. The molecule has 1 aliphatic rings. The molecule has 24 heavy (non-hydrogen) atoms. The van der Waals surface area contributed by atoms with Gasteiger partial charge in [-0.3, -0.25) is 9.69 Å². The Morgan fingerprint density at radius 1 is 1.12 bits per heavy atom. The molecule has 0 spiro atoms. The Morgan fingerprint density at radius 2 is 1.83 bits per heavy atom. The quantitative estimate of drug-likeness (QED) is 0.848. The van der Waals surface area contributed by atoms with E-state index in [1.807, 2.05) is 0 Å². The summed E-state index contributed by atoms with van der Waals surface area (Å²) >= 11 is 5.18. The van der Waals surface area contributed by atoms with Crippen molar-refractivity contribution in [2.24, 2.45) is 0 Å². The maximum Gasteiger partial charge on any atom is 0.255 e. The highest BCUT2D eigenvalue weighted by atomic mass is 32.2. The number of rotatable bonds is 4. The van der Waals surface area contributed by atoms with Crippen LogP contribution in [0, 0.1) is 0 Å². The number of hydrogen-bond acceptors (Lipinski definition) is 4. The molecule has 3 rings (SSSR count). The number of nitrogens with zero attached hydrogens (tertiary/aromatic N) is 1. The van der Waals surface area contributed by atoms with E-state index < -0.39 is 9.84 Å². The fourth-order valence-electron chi connectivity index (χ4n) is 2.57. The average Bonchev–Trinajstić information content (AvgIpc) is 2.80. The van der Waals surface area contributed by atoms with E-state index in [0.717, 1.165) is 0 Å². The molecule has 0 radical (unpaired) electrons. The minimum atomic E-state index is -3.44. The van der Waals surface area contributed by atoms with Crippen LogP contribution in [0.1, 0.15) is 12.5 Å². The van der Waals surface area contributed by atoms with Crippen molar-refractivity contribution in [1.29, 1.82) is 0 Å². The van der Waals surface area contributed by atoms with E-state index in [1.165, 1.54) is 4.90 Å². The van der Waals surface area contributed by atoms with Crippen molar-refractivity contribution in [1.82, 2.24) is 5.32 Å². The summed E-state index contributed by atoms with van der Waals surface area (Å²) in [6.07, 6.45) is 0. The van der Waals surface area contributed by atoms with E-state index in [-0.39, 0.29) is 22.6 Å². The van der Waals surface area contributed by atoms with Gasteiger partial charge in [0.25, 0.3) is 5.91 Å². The molecular weight excluding hydrogens is 344 g/mol. The van der Waals surface area contributed by atoms with Gasteiger partial charge in [0.2, 0.25) is 0 Å². The summed E-state index contributed by atoms with van der Waals surface area (Å²) in [6.45, 7) is 1.73. The first-order chi connectivity index (χ1) is 11.4. The monoisotopic (exact) mass is 360 g/mol. The number of sulfone groups is 1. The van der Waals surface area contributed by atoms with Gasteiger partial charge in [-0.1, -0.05) is 30.3 Å². The zero-order valence-electron chi connectivity index (χ0n) is 13.0. The lowest BCUT2D eigenvalue weighted by molar-refractivity contribution is -0.117. The number of thiocarbonyl (C=S) groups is 1. The Labute approximate surface area is 146 Å². The lowest BCUT2D eigenvalue weighted by Gasteiger charge is -2.16. The van der Waals surface area contributed by atoms with Gasteiger partial charge in [0.05, 0.1) is 16.3 Å². The topological polar surface area (TPSA) is 66.5 Å². The third kappa shape index (κ3) is 3.18. The Kier molecular flexibility index (Phi) is 4.38. The summed E-state index contributed by atoms with van der Waals surface area (Å²) in [4.78, 5) is 13.9. The first-order valence-electron chi connectivity index (χ1n) is 7.40. The zero-order chi connectivity index (χ0) is 17.3. The van der Waals surface area contributed by atoms with Crippen molar-refractivity contribution in [2.75, 3.05) is 4.90 Å². The third-order valence-electron chi connectivity index (χ3n) is 3.76. The summed E-state index contributed by atoms with van der Waals surface area (Å²) in [5.74, 6) is -0.286. The molecule has 2 aromatic carbocycles. The first-order valence-corrected chi connectivity index (χ1v) is 9.46. The molecule has 0 saturated carbocycles. The second kappa shape index (κ2) is 6.33. The molecule has 0 aromatic heterocycles. The molecule has 1 atom stereocenters. The highest BCUT2D eigenvalue weighted by molar-refractivity contribution is 7.90. The molecule has 1 saturated heterocycles. The van der Waals surface area contributed by atoms with E-state index in [1.54, 1.807) is 61.5 Å². The standard InChI is InChI=1S/C17H16N2O3S2/c1-12-16(20)19(17(23)18-12)14-7-5-6-13(10-14)11-24(21,22)15-8-3-2-4-9-15/h2-10,12H,11H2,1H3,(H,18,23). The molecule has 1 amide bonds. The molecule has 1 heterocycles. The maximum absolute atomic E-state index is 12.5. The van der Waals surface area contributed by atoms with Gasteiger partial charge in [-0.25, -0.2) is 8.42 Å². The number of nitrogens with one attached hydrogen (secondary N) is 1. The normalized spacial score (nSPS) is 17.9. The second-order valence-electron chi connectivity index (χ2n) is 5.59. The molecule has 1 fully saturated rings. The summed E-state index contributed by atoms with van der Waals surface area (Å²) in [7, 11) is -3.44. The number of benzene rings is 2. The fraction of sp³-hybridized carbons (Fsp3) is 0.176. The van der Waals surface area contributed by atoms with Crippen LogP contribution in [0.5, 0.6) is 0 Å². The fourth-order valence-corrected chi connectivity index (χ4v) is 4.29. The zero-order valence-corrected chi connectivity index (χ0v) is 14.6. The molecule has 1 aliphatic heterocycles. The van der Waals surface area contributed by atoms with E-state index in [2.05, 4.69) is 5.32 Å². The highest BCUT2D eigenvalue weighted by Crippen LogP contribution is 2.23. The van der Waals surface area contributed by atoms with Gasteiger partial charge in [0.15, 0.2) is 14.9 Å². The molecule has 5 nitrogen and oxygen atoms in total. The van der Waals surface area contributed by atoms with Crippen LogP contribution in [0.4, 0.5) is 5.69 Å². The van der Waals surface area contributed by atoms with Gasteiger partial charge in [-0.05, 0) is 49.0 Å². The van der Waals surface area contributed by atoms with Crippen molar-refractivity contribution in [2.45, 2.75) is 23.6 Å². The van der Waals surface area contributed by atoms with Crippen molar-refractivity contribution in [3.8, 4) is 0 Å². The molecule has 1 N–H and O–H groups in total. The van der Waals surface area contributed by atoms with Gasteiger partial charge < -0.3 is 5.32 Å². The third-order valence-corrected chi connectivity index (χ3v) is 5.77. The molecule has 2 aromatic rings. The largest absolute Gasteiger partial charge is 0.350 e. The molecule has 0 bridgehead atoms. The van der Waals surface area contributed by atoms with E-state index >= 15 is 0 Å². The molecule has 1 unspecified atom stereocenters. The number of anilines is 1. The van der Waals surface area contributed by atoms with E-state index in [0.29, 0.717) is 16.4 Å². The van der Waals surface area contributed by atoms with Crippen LogP contribution in [0.3, 0.4) is 0 Å². The highest BCUT2D eigenvalue weighted by Gasteiger charge is 2.33. The van der Waals surface area contributed by atoms with Crippen LogP contribution in [0.15, 0.2) is 59.5 Å². The Bertz CT molecular complexity index is 895. The minimum Gasteiger partial charge on any atom is -0.350 e. The number of amides is 1. The van der Waals surface area contributed by atoms with Crippen molar-refractivity contribution >= 4 is 38.8 Å². The number of hydrogen-bond donors (Lipinski definition) is 1. The number of carbonyl (C=O) groups excluding carboxylic acids is 1. The lowest BCUT2D eigenvalue weighted by Crippen LogP contribution is -2.30. The van der Waals surface area contributed by atoms with Crippen LogP contribution >= 0.6 is 12.2 Å². The van der Waals surface area contributed by atoms with Crippen molar-refractivity contribution in [3.05, 3.63) is 60.2 Å². The Morgan fingerprint density at radius 3 is 2.46 bits per heavy atom. The Balaban J connectivity index is 1.89. The predicted molar refractivity (Wildman–Crippen MR) is 96.5 cm³/mol. The van der Waals surface area contributed by atoms with Crippen molar-refractivity contribution < 1.29 is 13.2 Å². The first kappa shape index (κ1) is 16.6. The van der Waals surface area contributed by atoms with Crippen molar-refractivity contribution in [3.63, 3.8) is 0 Å². The summed E-state index contributed by atoms with van der Waals surface area (Å²) in [5.41, 5.74) is 1.18. The van der Waals surface area contributed by atoms with Gasteiger partial charge in [0.1, 0.15) is 6.04 Å². The van der Waals surface area contributed by atoms with Crippen LogP contribution in [0.25, 0.3) is 0 Å². The smallest absolute Gasteiger partial charge is 0.255 e. The SMILES string of the molecule is CC1NC(=S)N(c2cccc(CS(=O)(=O)c3ccccc3)c2)C1=O. The molecule has 0 aliphatic carbocycles. The maximum atomic E-state index is 12.5. The second-order valence-corrected chi connectivity index (χ2v) is 7.96. The Hall–Kier alpha value is -2.25. The van der Waals surface area contributed by atoms with Gasteiger partial charge in [0, 0.05) is 0 Å². The number of carbonyl (C=O) groups is 1. The summed E-state index contributed by atoms with van der Waals surface area (Å²) in [6, 6.07) is 14.8. The summed E-state index contributed by atoms with van der Waals surface area (Å²) < 4.78 is 25.0. The van der Waals surface area contributed by atoms with Gasteiger partial charge in [-0.15, -0.1) is 0 Å². The lowest BCUT2D eigenvalue weighted by atomic mass is 10.2. The van der Waals surface area contributed by atoms with Gasteiger partial charge in [-0.2, -0.15) is 0 Å². The van der Waals surface area contributed by atoms with Crippen LogP contribution < -0.4 is 10.2 Å². The van der Waals surface area contributed by atoms with Gasteiger partial charge >= 0.3 is 0 Å². The van der Waals surface area contributed by atoms with E-state index in [9.17, 15) is 13.2 Å². The minimum absolute atomic E-state index is 0.136. The van der Waals surface area contributed by atoms with Crippen LogP contribution in [-0.4, -0.2) is 25.5 Å². The predicted octanol–water partition coefficient (Wildman–Crippen LogP) is 2.27. The molecule has 124 valence electrons. The van der Waals surface area contributed by atoms with Crippen LogP contribution in [0.2, 0.25) is 0 Å². The molecule has 7 heteroatoms.